The molecule has 7 heteroatoms. The van der Waals surface area contributed by atoms with E-state index in [1.165, 1.54) is 6.07 Å². The lowest BCUT2D eigenvalue weighted by molar-refractivity contribution is 0.0660. The number of rotatable bonds is 4. The average Bonchev–Trinajstić information content (AvgIpc) is 3.03. The molecule has 0 atom stereocenters. The summed E-state index contributed by atoms with van der Waals surface area (Å²) in [5, 5.41) is 14.0. The van der Waals surface area contributed by atoms with Gasteiger partial charge in [-0.15, -0.1) is 0 Å². The second-order valence-corrected chi connectivity index (χ2v) is 4.47. The van der Waals surface area contributed by atoms with Crippen molar-refractivity contribution < 1.29 is 23.9 Å². The fraction of sp³-hybridized carbons (Fsp3) is 0.0714. The van der Waals surface area contributed by atoms with Crippen LogP contribution in [0.15, 0.2) is 34.7 Å². The number of anilines is 1. The smallest absolute Gasteiger partial charge is 0.371 e. The Morgan fingerprint density at radius 1 is 1.14 bits per heavy atom. The summed E-state index contributed by atoms with van der Waals surface area (Å²) in [5.74, 6) is -1.64. The first-order chi connectivity index (χ1) is 10.0. The van der Waals surface area contributed by atoms with Crippen molar-refractivity contribution in [3.8, 4) is 0 Å². The fourth-order valence-electron chi connectivity index (χ4n) is 2.05. The molecule has 106 valence electrons. The van der Waals surface area contributed by atoms with E-state index in [4.69, 9.17) is 9.52 Å². The molecule has 1 aromatic heterocycles. The van der Waals surface area contributed by atoms with Crippen molar-refractivity contribution in [3.05, 3.63) is 53.0 Å². The molecule has 0 spiro atoms. The standard InChI is InChI=1S/C14H10N2O5/c17-12-9-3-1-7(5-10(9)13(18)16-12)15-6-8-2-4-11(21-8)14(19)20/h1-5,15H,6H2,(H,19,20)(H,16,17,18). The van der Waals surface area contributed by atoms with Gasteiger partial charge in [-0.05, 0) is 30.3 Å². The van der Waals surface area contributed by atoms with E-state index in [9.17, 15) is 14.4 Å². The largest absolute Gasteiger partial charge is 0.475 e. The van der Waals surface area contributed by atoms with E-state index in [0.29, 0.717) is 22.6 Å². The van der Waals surface area contributed by atoms with Crippen LogP contribution in [-0.2, 0) is 6.54 Å². The molecule has 1 aromatic carbocycles. The Hall–Kier alpha value is -3.09. The van der Waals surface area contributed by atoms with Gasteiger partial charge in [-0.1, -0.05) is 0 Å². The molecule has 1 aliphatic rings. The number of carboxylic acid groups (broad SMARTS) is 1. The van der Waals surface area contributed by atoms with Crippen LogP contribution in [0.5, 0.6) is 0 Å². The highest BCUT2D eigenvalue weighted by Gasteiger charge is 2.26. The molecule has 3 N–H and O–H groups in total. The summed E-state index contributed by atoms with van der Waals surface area (Å²) in [7, 11) is 0. The minimum absolute atomic E-state index is 0.134. The Morgan fingerprint density at radius 3 is 2.62 bits per heavy atom. The highest BCUT2D eigenvalue weighted by atomic mass is 16.4. The number of carboxylic acids is 1. The summed E-state index contributed by atoms with van der Waals surface area (Å²) in [5.41, 5.74) is 1.29. The summed E-state index contributed by atoms with van der Waals surface area (Å²) >= 11 is 0. The van der Waals surface area contributed by atoms with Gasteiger partial charge >= 0.3 is 5.97 Å². The van der Waals surface area contributed by atoms with E-state index >= 15 is 0 Å². The van der Waals surface area contributed by atoms with Crippen LogP contribution in [0.2, 0.25) is 0 Å². The molecular weight excluding hydrogens is 276 g/mol. The maximum atomic E-state index is 11.5. The van der Waals surface area contributed by atoms with Gasteiger partial charge in [0.05, 0.1) is 17.7 Å². The van der Waals surface area contributed by atoms with Crippen molar-refractivity contribution in [2.45, 2.75) is 6.54 Å². The topological polar surface area (TPSA) is 109 Å². The molecule has 7 nitrogen and oxygen atoms in total. The normalized spacial score (nSPS) is 13.0. The Bertz CT molecular complexity index is 762. The predicted molar refractivity (Wildman–Crippen MR) is 71.2 cm³/mol. The van der Waals surface area contributed by atoms with E-state index in [-0.39, 0.29) is 12.3 Å². The molecule has 0 saturated heterocycles. The Balaban J connectivity index is 1.74. The van der Waals surface area contributed by atoms with Crippen LogP contribution in [-0.4, -0.2) is 22.9 Å². The minimum atomic E-state index is -1.13. The third kappa shape index (κ3) is 2.36. The first-order valence-electron chi connectivity index (χ1n) is 6.10. The van der Waals surface area contributed by atoms with Gasteiger partial charge in [0.2, 0.25) is 5.76 Å². The molecular formula is C14H10N2O5. The lowest BCUT2D eigenvalue weighted by Crippen LogP contribution is -2.19. The Kier molecular flexibility index (Phi) is 2.94. The van der Waals surface area contributed by atoms with E-state index in [0.717, 1.165) is 0 Å². The summed E-state index contributed by atoms with van der Waals surface area (Å²) in [6, 6.07) is 7.71. The maximum Gasteiger partial charge on any atom is 0.371 e. The van der Waals surface area contributed by atoms with Gasteiger partial charge in [-0.2, -0.15) is 0 Å². The van der Waals surface area contributed by atoms with Crippen molar-refractivity contribution in [1.29, 1.82) is 0 Å². The molecule has 3 rings (SSSR count). The Morgan fingerprint density at radius 2 is 1.90 bits per heavy atom. The summed E-state index contributed by atoms with van der Waals surface area (Å²) < 4.78 is 5.10. The molecule has 0 saturated carbocycles. The Labute approximate surface area is 118 Å². The second kappa shape index (κ2) is 4.78. The van der Waals surface area contributed by atoms with Crippen LogP contribution in [0.4, 0.5) is 5.69 Å². The molecule has 0 aliphatic carbocycles. The lowest BCUT2D eigenvalue weighted by Gasteiger charge is -2.05. The summed E-state index contributed by atoms with van der Waals surface area (Å²) in [6.45, 7) is 0.266. The number of aromatic carboxylic acids is 1. The van der Waals surface area contributed by atoms with Crippen LogP contribution in [0.1, 0.15) is 37.0 Å². The second-order valence-electron chi connectivity index (χ2n) is 4.47. The van der Waals surface area contributed by atoms with E-state index < -0.39 is 17.8 Å². The van der Waals surface area contributed by atoms with Crippen LogP contribution < -0.4 is 10.6 Å². The zero-order valence-electron chi connectivity index (χ0n) is 10.7. The number of carbonyl (C=O) groups is 3. The van der Waals surface area contributed by atoms with Gasteiger partial charge in [0.25, 0.3) is 11.8 Å². The highest BCUT2D eigenvalue weighted by Crippen LogP contribution is 2.21. The number of nitrogens with one attached hydrogen (secondary N) is 2. The monoisotopic (exact) mass is 286 g/mol. The zero-order valence-corrected chi connectivity index (χ0v) is 10.7. The maximum absolute atomic E-state index is 11.5. The van der Waals surface area contributed by atoms with E-state index in [2.05, 4.69) is 10.6 Å². The number of furan rings is 1. The minimum Gasteiger partial charge on any atom is -0.475 e. The third-order valence-corrected chi connectivity index (χ3v) is 3.08. The van der Waals surface area contributed by atoms with Crippen molar-refractivity contribution >= 4 is 23.5 Å². The van der Waals surface area contributed by atoms with Crippen molar-refractivity contribution in [1.82, 2.24) is 5.32 Å². The number of benzene rings is 1. The summed E-state index contributed by atoms with van der Waals surface area (Å²) in [6.07, 6.45) is 0. The molecule has 0 bridgehead atoms. The molecule has 1 aliphatic heterocycles. The summed E-state index contributed by atoms with van der Waals surface area (Å²) in [4.78, 5) is 33.6. The molecule has 2 aromatic rings. The van der Waals surface area contributed by atoms with Gasteiger partial charge in [-0.25, -0.2) is 4.79 Å². The first-order valence-corrected chi connectivity index (χ1v) is 6.10. The molecule has 21 heavy (non-hydrogen) atoms. The lowest BCUT2D eigenvalue weighted by atomic mass is 10.1. The average molecular weight is 286 g/mol. The predicted octanol–water partition coefficient (Wildman–Crippen LogP) is 1.47. The number of hydrogen-bond acceptors (Lipinski definition) is 5. The van der Waals surface area contributed by atoms with Crippen molar-refractivity contribution in [2.24, 2.45) is 0 Å². The van der Waals surface area contributed by atoms with Crippen LogP contribution in [0, 0.1) is 0 Å². The highest BCUT2D eigenvalue weighted by molar-refractivity contribution is 6.21. The van der Waals surface area contributed by atoms with Crippen molar-refractivity contribution in [2.75, 3.05) is 5.32 Å². The molecule has 0 radical (unpaired) electrons. The van der Waals surface area contributed by atoms with Gasteiger partial charge < -0.3 is 14.8 Å². The molecule has 2 heterocycles. The number of carbonyl (C=O) groups excluding carboxylic acids is 2. The first kappa shape index (κ1) is 12.9. The van der Waals surface area contributed by atoms with Crippen LogP contribution in [0.3, 0.4) is 0 Å². The quantitative estimate of drug-likeness (QED) is 0.734. The number of hydrogen-bond donors (Lipinski definition) is 3. The van der Waals surface area contributed by atoms with Crippen LogP contribution in [0.25, 0.3) is 0 Å². The van der Waals surface area contributed by atoms with Gasteiger partial charge in [-0.3, -0.25) is 14.9 Å². The zero-order chi connectivity index (χ0) is 15.0. The van der Waals surface area contributed by atoms with E-state index in [1.54, 1.807) is 24.3 Å². The number of amides is 2. The van der Waals surface area contributed by atoms with Gasteiger partial charge in [0.1, 0.15) is 5.76 Å². The number of fused-ring (bicyclic) bond motifs is 1. The number of imide groups is 1. The van der Waals surface area contributed by atoms with Gasteiger partial charge in [0.15, 0.2) is 0 Å². The molecule has 0 unspecified atom stereocenters. The van der Waals surface area contributed by atoms with Crippen molar-refractivity contribution in [3.63, 3.8) is 0 Å². The molecule has 0 fully saturated rings. The SMILES string of the molecule is O=C(O)c1ccc(CNc2ccc3c(c2)C(=O)NC3=O)o1. The molecule has 2 amide bonds. The fourth-order valence-corrected chi connectivity index (χ4v) is 2.05. The third-order valence-electron chi connectivity index (χ3n) is 3.08. The van der Waals surface area contributed by atoms with Gasteiger partial charge in [0, 0.05) is 5.69 Å². The van der Waals surface area contributed by atoms with E-state index in [1.807, 2.05) is 0 Å². The van der Waals surface area contributed by atoms with Crippen LogP contribution >= 0.6 is 0 Å².